The Bertz CT molecular complexity index is 1520. The van der Waals surface area contributed by atoms with Gasteiger partial charge in [-0.1, -0.05) is 42.5 Å². The molecule has 0 aliphatic carbocycles. The van der Waals surface area contributed by atoms with Crippen molar-refractivity contribution in [2.75, 3.05) is 12.4 Å². The minimum absolute atomic E-state index is 0.0956. The number of hydrogen-bond acceptors (Lipinski definition) is 5. The smallest absolute Gasteiger partial charge is 0.266 e. The van der Waals surface area contributed by atoms with Gasteiger partial charge in [0, 0.05) is 5.69 Å². The van der Waals surface area contributed by atoms with Crippen molar-refractivity contribution in [3.63, 3.8) is 0 Å². The fraction of sp³-hybridized carbons (Fsp3) is 0.0968. The first kappa shape index (κ1) is 27.4. The molecular formula is C31H24BrFN2O4. The van der Waals surface area contributed by atoms with Gasteiger partial charge < -0.3 is 19.5 Å². The average molecular weight is 587 g/mol. The zero-order chi connectivity index (χ0) is 27.6. The lowest BCUT2D eigenvalue weighted by Crippen LogP contribution is -2.13. The summed E-state index contributed by atoms with van der Waals surface area (Å²) >= 11 is 3.46. The van der Waals surface area contributed by atoms with Crippen molar-refractivity contribution in [3.05, 3.63) is 124 Å². The first-order valence-corrected chi connectivity index (χ1v) is 12.7. The zero-order valence-electron chi connectivity index (χ0n) is 21.0. The maximum atomic E-state index is 13.5. The largest absolute Gasteiger partial charge is 0.493 e. The van der Waals surface area contributed by atoms with E-state index in [-0.39, 0.29) is 18.0 Å². The van der Waals surface area contributed by atoms with E-state index in [1.54, 1.807) is 48.5 Å². The summed E-state index contributed by atoms with van der Waals surface area (Å²) in [4.78, 5) is 12.8. The van der Waals surface area contributed by atoms with E-state index in [4.69, 9.17) is 14.2 Å². The number of nitrogens with zero attached hydrogens (tertiary/aromatic N) is 1. The van der Waals surface area contributed by atoms with Crippen molar-refractivity contribution in [1.82, 2.24) is 0 Å². The second-order valence-electron chi connectivity index (χ2n) is 8.38. The van der Waals surface area contributed by atoms with Gasteiger partial charge in [-0.25, -0.2) is 4.39 Å². The number of nitriles is 1. The molecule has 4 rings (SSSR count). The van der Waals surface area contributed by atoms with Gasteiger partial charge in [0.05, 0.1) is 11.6 Å². The predicted molar refractivity (Wildman–Crippen MR) is 151 cm³/mol. The molecule has 0 unspecified atom stereocenters. The fourth-order valence-electron chi connectivity index (χ4n) is 3.63. The number of carbonyl (C=O) groups excluding carboxylic acids is 1. The monoisotopic (exact) mass is 586 g/mol. The van der Waals surface area contributed by atoms with Crippen LogP contribution in [0, 0.1) is 17.1 Å². The number of amides is 1. The van der Waals surface area contributed by atoms with E-state index < -0.39 is 5.91 Å². The van der Waals surface area contributed by atoms with Crippen molar-refractivity contribution in [2.45, 2.75) is 13.2 Å². The molecule has 0 atom stereocenters. The maximum Gasteiger partial charge on any atom is 0.266 e. The summed E-state index contributed by atoms with van der Waals surface area (Å²) in [5, 5.41) is 12.4. The SMILES string of the molecule is COc1cc(/C=C(\C#N)C(=O)Nc2ccc(OCc3ccccc3)cc2)cc(Br)c1OCc1cccc(F)c1. The molecule has 0 bridgehead atoms. The Morgan fingerprint density at radius 3 is 2.36 bits per heavy atom. The lowest BCUT2D eigenvalue weighted by atomic mass is 10.1. The summed E-state index contributed by atoms with van der Waals surface area (Å²) in [6.07, 6.45) is 1.45. The van der Waals surface area contributed by atoms with E-state index in [1.165, 1.54) is 25.3 Å². The number of methoxy groups -OCH3 is 1. The van der Waals surface area contributed by atoms with Gasteiger partial charge in [-0.2, -0.15) is 5.26 Å². The first-order chi connectivity index (χ1) is 18.9. The molecular weight excluding hydrogens is 563 g/mol. The number of carbonyl (C=O) groups is 1. The Labute approximate surface area is 234 Å². The van der Waals surface area contributed by atoms with Crippen LogP contribution in [0.2, 0.25) is 0 Å². The third-order valence-corrected chi connectivity index (χ3v) is 6.15. The zero-order valence-corrected chi connectivity index (χ0v) is 22.6. The number of rotatable bonds is 10. The molecule has 4 aromatic carbocycles. The predicted octanol–water partition coefficient (Wildman–Crippen LogP) is 7.30. The van der Waals surface area contributed by atoms with Gasteiger partial charge >= 0.3 is 0 Å². The number of hydrogen-bond donors (Lipinski definition) is 1. The minimum atomic E-state index is -0.558. The molecule has 1 N–H and O–H groups in total. The Morgan fingerprint density at radius 1 is 0.949 bits per heavy atom. The molecule has 0 saturated heterocycles. The van der Waals surface area contributed by atoms with Crippen LogP contribution in [0.1, 0.15) is 16.7 Å². The second-order valence-corrected chi connectivity index (χ2v) is 9.23. The minimum Gasteiger partial charge on any atom is -0.493 e. The summed E-state index contributed by atoms with van der Waals surface area (Å²) in [6, 6.07) is 28.1. The Balaban J connectivity index is 1.42. The van der Waals surface area contributed by atoms with Gasteiger partial charge in [0.1, 0.15) is 36.4 Å². The third kappa shape index (κ3) is 7.69. The van der Waals surface area contributed by atoms with Gasteiger partial charge in [-0.15, -0.1) is 0 Å². The topological polar surface area (TPSA) is 80.6 Å². The molecule has 0 aliphatic rings. The van der Waals surface area contributed by atoms with Crippen LogP contribution in [0.25, 0.3) is 6.08 Å². The molecule has 0 radical (unpaired) electrons. The highest BCUT2D eigenvalue weighted by Gasteiger charge is 2.15. The molecule has 6 nitrogen and oxygen atoms in total. The maximum absolute atomic E-state index is 13.5. The quantitative estimate of drug-likeness (QED) is 0.156. The first-order valence-electron chi connectivity index (χ1n) is 11.9. The van der Waals surface area contributed by atoms with Crippen molar-refractivity contribution in [1.29, 1.82) is 5.26 Å². The second kappa shape index (κ2) is 13.3. The van der Waals surface area contributed by atoms with E-state index in [9.17, 15) is 14.4 Å². The molecule has 0 aromatic heterocycles. The van der Waals surface area contributed by atoms with Crippen LogP contribution >= 0.6 is 15.9 Å². The Morgan fingerprint density at radius 2 is 1.67 bits per heavy atom. The third-order valence-electron chi connectivity index (χ3n) is 5.56. The molecule has 1 amide bonds. The summed E-state index contributed by atoms with van der Waals surface area (Å²) in [7, 11) is 1.48. The van der Waals surface area contributed by atoms with Crippen molar-refractivity contribution in [2.24, 2.45) is 0 Å². The average Bonchev–Trinajstić information content (AvgIpc) is 2.95. The Kier molecular flexibility index (Phi) is 9.33. The number of halogens is 2. The van der Waals surface area contributed by atoms with Gasteiger partial charge in [-0.05, 0) is 87.2 Å². The van der Waals surface area contributed by atoms with Crippen LogP contribution in [0.3, 0.4) is 0 Å². The summed E-state index contributed by atoms with van der Waals surface area (Å²) < 4.78 is 31.1. The van der Waals surface area contributed by atoms with E-state index in [0.717, 1.165) is 5.56 Å². The van der Waals surface area contributed by atoms with Gasteiger partial charge in [0.15, 0.2) is 11.5 Å². The van der Waals surface area contributed by atoms with Crippen LogP contribution < -0.4 is 19.5 Å². The van der Waals surface area contributed by atoms with Crippen LogP contribution in [0.5, 0.6) is 17.2 Å². The van der Waals surface area contributed by atoms with Crippen molar-refractivity contribution >= 4 is 33.6 Å². The number of anilines is 1. The molecule has 39 heavy (non-hydrogen) atoms. The molecule has 0 fully saturated rings. The highest BCUT2D eigenvalue weighted by Crippen LogP contribution is 2.38. The Hall–Kier alpha value is -4.61. The molecule has 8 heteroatoms. The molecule has 0 heterocycles. The number of benzene rings is 4. The van der Waals surface area contributed by atoms with E-state index in [0.29, 0.717) is 45.1 Å². The van der Waals surface area contributed by atoms with Crippen LogP contribution in [-0.4, -0.2) is 13.0 Å². The number of nitrogens with one attached hydrogen (secondary N) is 1. The standard InChI is InChI=1S/C31H24BrFN2O4/c1-37-29-17-23(16-28(32)30(29)39-20-22-8-5-9-25(33)15-22)14-24(18-34)31(36)35-26-10-12-27(13-11-26)38-19-21-6-3-2-4-7-21/h2-17H,19-20H2,1H3,(H,35,36)/b24-14+. The summed E-state index contributed by atoms with van der Waals surface area (Å²) in [5.74, 6) is 0.547. The molecule has 0 aliphatic heterocycles. The lowest BCUT2D eigenvalue weighted by Gasteiger charge is -2.14. The van der Waals surface area contributed by atoms with Crippen molar-refractivity contribution in [3.8, 4) is 23.3 Å². The molecule has 4 aromatic rings. The van der Waals surface area contributed by atoms with Gasteiger partial charge in [-0.3, -0.25) is 4.79 Å². The summed E-state index contributed by atoms with van der Waals surface area (Å²) in [6.45, 7) is 0.561. The number of ether oxygens (including phenoxy) is 3. The van der Waals surface area contributed by atoms with Gasteiger partial charge in [0.25, 0.3) is 5.91 Å². The van der Waals surface area contributed by atoms with E-state index in [1.807, 2.05) is 36.4 Å². The van der Waals surface area contributed by atoms with Crippen LogP contribution in [0.15, 0.2) is 101 Å². The lowest BCUT2D eigenvalue weighted by molar-refractivity contribution is -0.112. The molecule has 0 saturated carbocycles. The normalized spacial score (nSPS) is 10.9. The highest BCUT2D eigenvalue weighted by molar-refractivity contribution is 9.10. The summed E-state index contributed by atoms with van der Waals surface area (Å²) in [5.41, 5.74) is 2.68. The highest BCUT2D eigenvalue weighted by atomic mass is 79.9. The molecule has 196 valence electrons. The fourth-order valence-corrected chi connectivity index (χ4v) is 4.21. The van der Waals surface area contributed by atoms with E-state index >= 15 is 0 Å². The van der Waals surface area contributed by atoms with Crippen LogP contribution in [0.4, 0.5) is 10.1 Å². The van der Waals surface area contributed by atoms with Gasteiger partial charge in [0.2, 0.25) is 0 Å². The van der Waals surface area contributed by atoms with Crippen molar-refractivity contribution < 1.29 is 23.4 Å². The van der Waals surface area contributed by atoms with E-state index in [2.05, 4.69) is 21.2 Å². The van der Waals surface area contributed by atoms with Crippen LogP contribution in [-0.2, 0) is 18.0 Å². The molecule has 0 spiro atoms.